The van der Waals surface area contributed by atoms with Gasteiger partial charge in [0.2, 0.25) is 0 Å². The molecule has 1 aliphatic rings. The molecule has 17 heteroatoms. The van der Waals surface area contributed by atoms with E-state index in [0.717, 1.165) is 33.6 Å². The molecule has 1 unspecified atom stereocenters. The Bertz CT molecular complexity index is 2870. The summed E-state index contributed by atoms with van der Waals surface area (Å²) in [6.45, 7) is 1.18. The number of aromatic amines is 1. The summed E-state index contributed by atoms with van der Waals surface area (Å²) < 4.78 is 59.5. The Labute approximate surface area is 390 Å². The number of phosphoric acid groups is 1. The third-order valence-electron chi connectivity index (χ3n) is 11.0. The van der Waals surface area contributed by atoms with E-state index in [1.807, 2.05) is 109 Å². The lowest BCUT2D eigenvalue weighted by atomic mass is 9.80. The lowest BCUT2D eigenvalue weighted by Gasteiger charge is -2.37. The zero-order valence-electron chi connectivity index (χ0n) is 36.0. The van der Waals surface area contributed by atoms with Crippen molar-refractivity contribution in [2.75, 3.05) is 27.4 Å². The van der Waals surface area contributed by atoms with Gasteiger partial charge in [0.25, 0.3) is 5.56 Å². The average molecular weight is 952 g/mol. The van der Waals surface area contributed by atoms with Crippen LogP contribution >= 0.6 is 31.0 Å². The third kappa shape index (κ3) is 10.5. The van der Waals surface area contributed by atoms with Crippen LogP contribution in [-0.4, -0.2) is 59.2 Å². The average Bonchev–Trinajstić information content (AvgIpc) is 3.73. The molecule has 0 saturated carbocycles. The minimum Gasteiger partial charge on any atom is -0.497 e. The molecule has 14 nitrogen and oxygen atoms in total. The van der Waals surface area contributed by atoms with Gasteiger partial charge >= 0.3 is 13.5 Å². The van der Waals surface area contributed by atoms with Crippen molar-refractivity contribution < 1.29 is 37.1 Å². The van der Waals surface area contributed by atoms with Gasteiger partial charge in [-0.25, -0.2) is 19.3 Å². The number of phosphoric ester groups is 1. The number of benzene rings is 5. The zero-order valence-corrected chi connectivity index (χ0v) is 38.5. The molecule has 0 aliphatic carbocycles. The van der Waals surface area contributed by atoms with Gasteiger partial charge < -0.3 is 23.5 Å². The second-order valence-electron chi connectivity index (χ2n) is 15.3. The first-order valence-electron chi connectivity index (χ1n) is 20.9. The lowest BCUT2D eigenvalue weighted by molar-refractivity contribution is -0.0937. The molecule has 1 saturated heterocycles. The summed E-state index contributed by atoms with van der Waals surface area (Å²) in [7, 11) is -1.48. The summed E-state index contributed by atoms with van der Waals surface area (Å²) in [6.07, 6.45) is 1.67. The first-order valence-corrected chi connectivity index (χ1v) is 23.1. The van der Waals surface area contributed by atoms with Gasteiger partial charge in [0.05, 0.1) is 32.5 Å². The quantitative estimate of drug-likeness (QED) is 0.0641. The molecule has 7 aromatic rings. The summed E-state index contributed by atoms with van der Waals surface area (Å²) in [5.41, 5.74) is 1.83. The molecule has 0 spiro atoms. The standard InChI is InChI=1S/C49H45Cl2N4O10P/c1-32-30-55(48(57)54-47(32)56)46-27-43(44(63-46)31-61-49(35-10-6-4-7-11-35,36-12-8-5-9-13-36)37-16-21-40(60-3)22-17-37)65-66(58,64-42-26-38(50)18-23-41(42)51)62-25-24-45-52-28-34(29-53-45)33-14-19-39(59-2)20-15-33/h4-23,26,28-30,43-44,46H,24-25,27,31H2,1-3H3,(H,54,56,57)/t43-,44+,46+,66?/m0/s1. The molecule has 1 N–H and O–H groups in total. The number of hydrogen-bond donors (Lipinski definition) is 1. The molecular formula is C49H45Cl2N4O10P. The molecule has 1 aliphatic heterocycles. The Morgan fingerprint density at radius 2 is 1.41 bits per heavy atom. The Kier molecular flexibility index (Phi) is 14.5. The highest BCUT2D eigenvalue weighted by molar-refractivity contribution is 7.49. The van der Waals surface area contributed by atoms with E-state index in [2.05, 4.69) is 15.0 Å². The Hall–Kier alpha value is -6.09. The smallest absolute Gasteiger partial charge is 0.497 e. The van der Waals surface area contributed by atoms with Crippen molar-refractivity contribution in [2.24, 2.45) is 0 Å². The van der Waals surface area contributed by atoms with Gasteiger partial charge in [0, 0.05) is 53.6 Å². The number of H-pyrrole nitrogens is 1. The Morgan fingerprint density at radius 1 is 0.803 bits per heavy atom. The lowest BCUT2D eigenvalue weighted by Crippen LogP contribution is -2.38. The van der Waals surface area contributed by atoms with Gasteiger partial charge in [-0.2, -0.15) is 0 Å². The number of methoxy groups -OCH3 is 2. The number of rotatable bonds is 18. The van der Waals surface area contributed by atoms with E-state index in [1.54, 1.807) is 39.6 Å². The van der Waals surface area contributed by atoms with E-state index in [1.165, 1.54) is 22.9 Å². The van der Waals surface area contributed by atoms with Crippen LogP contribution in [0.25, 0.3) is 11.1 Å². The van der Waals surface area contributed by atoms with E-state index < -0.39 is 43.1 Å². The molecule has 8 rings (SSSR count). The SMILES string of the molecule is COc1ccc(-c2cnc(CCOP(=O)(Oc3cc(Cl)ccc3Cl)O[C@H]3C[C@H](n4cc(C)c(=O)[nH]c4=O)O[C@@H]3COC(c3ccccc3)(c3ccccc3)c3ccc(OC)cc3)nc2)cc1. The maximum absolute atomic E-state index is 15.1. The van der Waals surface area contributed by atoms with E-state index in [-0.39, 0.29) is 47.4 Å². The van der Waals surface area contributed by atoms with Gasteiger partial charge in [-0.1, -0.05) is 108 Å². The van der Waals surface area contributed by atoms with Crippen LogP contribution in [0.5, 0.6) is 17.2 Å². The maximum atomic E-state index is 15.1. The van der Waals surface area contributed by atoms with Crippen molar-refractivity contribution in [3.63, 3.8) is 0 Å². The molecule has 4 atom stereocenters. The van der Waals surface area contributed by atoms with Gasteiger partial charge in [-0.3, -0.25) is 23.4 Å². The molecule has 3 heterocycles. The molecule has 340 valence electrons. The first kappa shape index (κ1) is 46.4. The largest absolute Gasteiger partial charge is 0.530 e. The fourth-order valence-corrected chi connectivity index (χ4v) is 9.43. The summed E-state index contributed by atoms with van der Waals surface area (Å²) in [6, 6.07) is 38.9. The Morgan fingerprint density at radius 3 is 2.03 bits per heavy atom. The predicted octanol–water partition coefficient (Wildman–Crippen LogP) is 9.75. The van der Waals surface area contributed by atoms with Crippen LogP contribution in [0.3, 0.4) is 0 Å². The van der Waals surface area contributed by atoms with Gasteiger partial charge in [0.1, 0.15) is 41.4 Å². The zero-order chi connectivity index (χ0) is 46.3. The number of aryl methyl sites for hydroxylation is 1. The predicted molar refractivity (Wildman–Crippen MR) is 250 cm³/mol. The third-order valence-corrected chi connectivity index (χ3v) is 13.0. The molecule has 66 heavy (non-hydrogen) atoms. The topological polar surface area (TPSA) is 162 Å². The second-order valence-corrected chi connectivity index (χ2v) is 17.6. The minimum absolute atomic E-state index is 0.0540. The fourth-order valence-electron chi connectivity index (χ4n) is 7.64. The highest BCUT2D eigenvalue weighted by Crippen LogP contribution is 2.55. The number of nitrogens with zero attached hydrogens (tertiary/aromatic N) is 3. The van der Waals surface area contributed by atoms with Crippen LogP contribution < -0.4 is 25.2 Å². The summed E-state index contributed by atoms with van der Waals surface area (Å²) in [5.74, 6) is 1.72. The monoisotopic (exact) mass is 950 g/mol. The number of nitrogens with one attached hydrogen (secondary N) is 1. The van der Waals surface area contributed by atoms with Gasteiger partial charge in [-0.05, 0) is 65.6 Å². The highest BCUT2D eigenvalue weighted by atomic mass is 35.5. The van der Waals surface area contributed by atoms with E-state index in [0.29, 0.717) is 11.6 Å². The van der Waals surface area contributed by atoms with Crippen molar-refractivity contribution in [1.29, 1.82) is 0 Å². The first-order chi connectivity index (χ1) is 32.0. The van der Waals surface area contributed by atoms with Crippen molar-refractivity contribution in [3.05, 3.63) is 205 Å². The number of ether oxygens (including phenoxy) is 4. The van der Waals surface area contributed by atoms with Gasteiger partial charge in [0.15, 0.2) is 5.75 Å². The Balaban J connectivity index is 1.13. The van der Waals surface area contributed by atoms with Gasteiger partial charge in [-0.15, -0.1) is 0 Å². The normalized spacial score (nSPS) is 17.0. The van der Waals surface area contributed by atoms with Crippen LogP contribution in [-0.2, 0) is 35.1 Å². The van der Waals surface area contributed by atoms with Crippen LogP contribution in [0, 0.1) is 6.92 Å². The molecule has 5 aromatic carbocycles. The molecule has 1 fully saturated rings. The molecular weight excluding hydrogens is 906 g/mol. The van der Waals surface area contributed by atoms with Crippen LogP contribution in [0.15, 0.2) is 156 Å². The van der Waals surface area contributed by atoms with E-state index in [4.69, 9.17) is 55.7 Å². The highest BCUT2D eigenvalue weighted by Gasteiger charge is 2.47. The van der Waals surface area contributed by atoms with E-state index in [9.17, 15) is 9.59 Å². The van der Waals surface area contributed by atoms with Crippen LogP contribution in [0.2, 0.25) is 10.0 Å². The van der Waals surface area contributed by atoms with Crippen molar-refractivity contribution in [2.45, 2.75) is 43.8 Å². The molecule has 2 aromatic heterocycles. The van der Waals surface area contributed by atoms with Crippen molar-refractivity contribution in [1.82, 2.24) is 19.5 Å². The van der Waals surface area contributed by atoms with Crippen molar-refractivity contribution >= 4 is 31.0 Å². The van der Waals surface area contributed by atoms with Crippen LogP contribution in [0.1, 0.15) is 40.7 Å². The van der Waals surface area contributed by atoms with Crippen LogP contribution in [0.4, 0.5) is 0 Å². The molecule has 0 amide bonds. The molecule has 0 radical (unpaired) electrons. The second kappa shape index (κ2) is 20.6. The molecule has 0 bridgehead atoms. The van der Waals surface area contributed by atoms with E-state index >= 15 is 4.57 Å². The number of aromatic nitrogens is 4. The number of hydrogen-bond acceptors (Lipinski definition) is 12. The van der Waals surface area contributed by atoms with Crippen molar-refractivity contribution in [3.8, 4) is 28.4 Å². The summed E-state index contributed by atoms with van der Waals surface area (Å²) in [5, 5.41) is 0.348. The summed E-state index contributed by atoms with van der Waals surface area (Å²) in [4.78, 5) is 37.1. The fraction of sp³-hybridized carbons (Fsp3) is 0.224. The summed E-state index contributed by atoms with van der Waals surface area (Å²) >= 11 is 12.9. The minimum atomic E-state index is -4.68. The number of halogens is 2. The maximum Gasteiger partial charge on any atom is 0.530 e.